The molecule has 2 saturated heterocycles. The van der Waals surface area contributed by atoms with Gasteiger partial charge >= 0.3 is 0 Å². The molecule has 142 valence electrons. The fraction of sp³-hybridized carbons (Fsp3) is 0.944. The number of hydrogen-bond donors (Lipinski definition) is 2. The summed E-state index contributed by atoms with van der Waals surface area (Å²) in [5.41, 5.74) is 0. The number of rotatable bonds is 7. The van der Waals surface area contributed by atoms with Crippen molar-refractivity contribution in [3.05, 3.63) is 0 Å². The molecule has 6 heteroatoms. The molecule has 0 radical (unpaired) electrons. The zero-order valence-electron chi connectivity index (χ0n) is 15.9. The monoisotopic (exact) mass is 451 g/mol. The summed E-state index contributed by atoms with van der Waals surface area (Å²) in [4.78, 5) is 9.49. The van der Waals surface area contributed by atoms with Crippen LogP contribution in [0.5, 0.6) is 0 Å². The Balaban J connectivity index is 0.00000288. The van der Waals surface area contributed by atoms with Crippen LogP contribution in [0.1, 0.15) is 39.5 Å². The minimum Gasteiger partial charge on any atom is -0.356 e. The van der Waals surface area contributed by atoms with Crippen molar-refractivity contribution < 1.29 is 0 Å². The van der Waals surface area contributed by atoms with E-state index in [9.17, 15) is 0 Å². The minimum atomic E-state index is 0. The molecule has 2 N–H and O–H groups in total. The van der Waals surface area contributed by atoms with E-state index in [4.69, 9.17) is 0 Å². The second kappa shape index (κ2) is 12.3. The van der Waals surface area contributed by atoms with Gasteiger partial charge in [0.25, 0.3) is 0 Å². The van der Waals surface area contributed by atoms with Gasteiger partial charge in [-0.05, 0) is 70.2 Å². The van der Waals surface area contributed by atoms with Crippen LogP contribution in [0.4, 0.5) is 0 Å². The number of guanidine groups is 1. The maximum atomic E-state index is 4.35. The number of aliphatic imine (C=N–C) groups is 1. The van der Waals surface area contributed by atoms with E-state index in [1.54, 1.807) is 0 Å². The lowest BCUT2D eigenvalue weighted by atomic mass is 9.99. The molecule has 0 saturated carbocycles. The first kappa shape index (κ1) is 22.0. The van der Waals surface area contributed by atoms with Crippen LogP contribution >= 0.6 is 24.0 Å². The van der Waals surface area contributed by atoms with Crippen molar-refractivity contribution in [1.29, 1.82) is 0 Å². The topological polar surface area (TPSA) is 42.9 Å². The van der Waals surface area contributed by atoms with Gasteiger partial charge in [0.2, 0.25) is 0 Å². The number of nitrogens with zero attached hydrogens (tertiary/aromatic N) is 3. The molecule has 24 heavy (non-hydrogen) atoms. The van der Waals surface area contributed by atoms with Gasteiger partial charge in [0.1, 0.15) is 0 Å². The highest BCUT2D eigenvalue weighted by Crippen LogP contribution is 2.16. The van der Waals surface area contributed by atoms with Crippen LogP contribution in [0.15, 0.2) is 4.99 Å². The predicted molar refractivity (Wildman–Crippen MR) is 114 cm³/mol. The Morgan fingerprint density at radius 3 is 2.42 bits per heavy atom. The van der Waals surface area contributed by atoms with Crippen molar-refractivity contribution in [1.82, 2.24) is 20.4 Å². The first-order valence-electron chi connectivity index (χ1n) is 9.60. The first-order chi connectivity index (χ1) is 11.2. The van der Waals surface area contributed by atoms with Crippen molar-refractivity contribution in [3.63, 3.8) is 0 Å². The average molecular weight is 451 g/mol. The van der Waals surface area contributed by atoms with Gasteiger partial charge in [0, 0.05) is 26.7 Å². The van der Waals surface area contributed by atoms with E-state index in [1.807, 2.05) is 7.05 Å². The molecule has 0 aromatic rings. The molecule has 2 aliphatic rings. The van der Waals surface area contributed by atoms with Gasteiger partial charge in [-0.25, -0.2) is 0 Å². The maximum absolute atomic E-state index is 4.35. The third-order valence-corrected chi connectivity index (χ3v) is 5.42. The second-order valence-electron chi connectivity index (χ2n) is 7.31. The molecule has 0 amide bonds. The van der Waals surface area contributed by atoms with E-state index in [-0.39, 0.29) is 24.0 Å². The SMILES string of the molecule is CCN1CCC(CNC(=NC)NCCCN2CCC(C)CC2)C1.I. The van der Waals surface area contributed by atoms with Crippen LogP contribution in [0, 0.1) is 11.8 Å². The van der Waals surface area contributed by atoms with Crippen LogP contribution in [-0.2, 0) is 0 Å². The Labute approximate surface area is 166 Å². The maximum Gasteiger partial charge on any atom is 0.190 e. The summed E-state index contributed by atoms with van der Waals surface area (Å²) in [6, 6.07) is 0. The average Bonchev–Trinajstić information content (AvgIpc) is 3.04. The molecule has 2 fully saturated rings. The minimum absolute atomic E-state index is 0. The Hall–Kier alpha value is -0.0800. The summed E-state index contributed by atoms with van der Waals surface area (Å²) in [6.07, 6.45) is 5.24. The van der Waals surface area contributed by atoms with Gasteiger partial charge in [-0.1, -0.05) is 13.8 Å². The Morgan fingerprint density at radius 2 is 1.79 bits per heavy atom. The quantitative estimate of drug-likeness (QED) is 0.270. The molecule has 0 bridgehead atoms. The number of nitrogens with one attached hydrogen (secondary N) is 2. The molecule has 0 aromatic carbocycles. The Morgan fingerprint density at radius 1 is 1.08 bits per heavy atom. The predicted octanol–water partition coefficient (Wildman–Crippen LogP) is 2.23. The Kier molecular flexibility index (Phi) is 11.3. The molecule has 1 atom stereocenters. The first-order valence-corrected chi connectivity index (χ1v) is 9.60. The highest BCUT2D eigenvalue weighted by Gasteiger charge is 2.21. The van der Waals surface area contributed by atoms with Crippen LogP contribution in [-0.4, -0.2) is 75.2 Å². The van der Waals surface area contributed by atoms with E-state index < -0.39 is 0 Å². The van der Waals surface area contributed by atoms with E-state index in [2.05, 4.69) is 39.3 Å². The molecule has 2 heterocycles. The lowest BCUT2D eigenvalue weighted by Gasteiger charge is -2.30. The summed E-state index contributed by atoms with van der Waals surface area (Å²) in [5, 5.41) is 6.96. The largest absolute Gasteiger partial charge is 0.356 e. The molecule has 0 aliphatic carbocycles. The molecule has 1 unspecified atom stereocenters. The summed E-state index contributed by atoms with van der Waals surface area (Å²) >= 11 is 0. The molecule has 5 nitrogen and oxygen atoms in total. The van der Waals surface area contributed by atoms with Gasteiger partial charge in [-0.3, -0.25) is 4.99 Å². The van der Waals surface area contributed by atoms with E-state index >= 15 is 0 Å². The third-order valence-electron chi connectivity index (χ3n) is 5.42. The number of likely N-dealkylation sites (tertiary alicyclic amines) is 2. The fourth-order valence-corrected chi connectivity index (χ4v) is 3.62. The van der Waals surface area contributed by atoms with Gasteiger partial charge < -0.3 is 20.4 Å². The van der Waals surface area contributed by atoms with Gasteiger partial charge in [-0.2, -0.15) is 0 Å². The van der Waals surface area contributed by atoms with Crippen molar-refractivity contribution in [2.75, 3.05) is 59.4 Å². The third kappa shape index (κ3) is 7.87. The normalized spacial score (nSPS) is 24.0. The molecule has 0 spiro atoms. The molecule has 2 aliphatic heterocycles. The van der Waals surface area contributed by atoms with E-state index in [0.717, 1.165) is 30.9 Å². The summed E-state index contributed by atoms with van der Waals surface area (Å²) in [7, 11) is 1.87. The zero-order valence-corrected chi connectivity index (χ0v) is 18.2. The second-order valence-corrected chi connectivity index (χ2v) is 7.31. The van der Waals surface area contributed by atoms with Crippen molar-refractivity contribution in [3.8, 4) is 0 Å². The summed E-state index contributed by atoms with van der Waals surface area (Å²) < 4.78 is 0. The Bertz CT molecular complexity index is 355. The number of halogens is 1. The lowest BCUT2D eigenvalue weighted by molar-refractivity contribution is 0.191. The molecular weight excluding hydrogens is 413 g/mol. The molecular formula is C18H38IN5. The highest BCUT2D eigenvalue weighted by molar-refractivity contribution is 14.0. The number of piperidine rings is 1. The van der Waals surface area contributed by atoms with Crippen molar-refractivity contribution in [2.24, 2.45) is 16.8 Å². The lowest BCUT2D eigenvalue weighted by Crippen LogP contribution is -2.41. The standard InChI is InChI=1S/C18H37N5.HI/c1-4-22-13-8-17(15-22)14-21-18(19-3)20-9-5-10-23-11-6-16(2)7-12-23;/h16-17H,4-15H2,1-3H3,(H2,19,20,21);1H. The number of hydrogen-bond acceptors (Lipinski definition) is 3. The van der Waals surface area contributed by atoms with Gasteiger partial charge in [0.15, 0.2) is 5.96 Å². The van der Waals surface area contributed by atoms with Crippen molar-refractivity contribution in [2.45, 2.75) is 39.5 Å². The fourth-order valence-electron chi connectivity index (χ4n) is 3.62. The van der Waals surface area contributed by atoms with Crippen LogP contribution in [0.25, 0.3) is 0 Å². The molecule has 0 aromatic heterocycles. The highest BCUT2D eigenvalue weighted by atomic mass is 127. The van der Waals surface area contributed by atoms with Crippen LogP contribution < -0.4 is 10.6 Å². The molecule has 2 rings (SSSR count). The van der Waals surface area contributed by atoms with Gasteiger partial charge in [-0.15, -0.1) is 24.0 Å². The smallest absolute Gasteiger partial charge is 0.190 e. The summed E-state index contributed by atoms with van der Waals surface area (Å²) in [5.74, 6) is 2.66. The van der Waals surface area contributed by atoms with Crippen molar-refractivity contribution >= 4 is 29.9 Å². The zero-order chi connectivity index (χ0) is 16.5. The van der Waals surface area contributed by atoms with E-state index in [0.29, 0.717) is 0 Å². The van der Waals surface area contributed by atoms with Gasteiger partial charge in [0.05, 0.1) is 0 Å². The van der Waals surface area contributed by atoms with Crippen LogP contribution in [0.3, 0.4) is 0 Å². The van der Waals surface area contributed by atoms with Crippen LogP contribution in [0.2, 0.25) is 0 Å². The summed E-state index contributed by atoms with van der Waals surface area (Å²) in [6.45, 7) is 14.1. The van der Waals surface area contributed by atoms with E-state index in [1.165, 1.54) is 65.0 Å².